The van der Waals surface area contributed by atoms with Crippen LogP contribution in [-0.4, -0.2) is 28.0 Å². The van der Waals surface area contributed by atoms with Crippen molar-refractivity contribution in [3.63, 3.8) is 0 Å². The number of aryl methyl sites for hydroxylation is 2. The highest BCUT2D eigenvalue weighted by Crippen LogP contribution is 2.35. The summed E-state index contributed by atoms with van der Waals surface area (Å²) in [6.45, 7) is 6.05. The minimum absolute atomic E-state index is 0.226. The molecule has 0 bridgehead atoms. The van der Waals surface area contributed by atoms with Crippen molar-refractivity contribution in [1.29, 1.82) is 0 Å². The number of halogens is 1. The summed E-state index contributed by atoms with van der Waals surface area (Å²) in [5.41, 5.74) is 4.96. The van der Waals surface area contributed by atoms with Crippen LogP contribution in [0.25, 0.3) is 22.2 Å². The van der Waals surface area contributed by atoms with Gasteiger partial charge in [0.2, 0.25) is 0 Å². The maximum atomic E-state index is 13.3. The van der Waals surface area contributed by atoms with Crippen LogP contribution in [0.1, 0.15) is 30.8 Å². The molecule has 0 spiro atoms. The Kier molecular flexibility index (Phi) is 3.71. The van der Waals surface area contributed by atoms with E-state index >= 15 is 0 Å². The second kappa shape index (κ2) is 5.89. The molecule has 3 heterocycles. The van der Waals surface area contributed by atoms with Gasteiger partial charge in [0.05, 0.1) is 0 Å². The number of H-pyrrole nitrogens is 1. The molecule has 4 nitrogen and oxygen atoms in total. The van der Waals surface area contributed by atoms with E-state index in [4.69, 9.17) is 4.98 Å². The maximum Gasteiger partial charge on any atom is 0.156 e. The van der Waals surface area contributed by atoms with Crippen LogP contribution in [0.2, 0.25) is 0 Å². The Morgan fingerprint density at radius 3 is 2.42 bits per heavy atom. The van der Waals surface area contributed by atoms with Crippen molar-refractivity contribution in [2.24, 2.45) is 0 Å². The summed E-state index contributed by atoms with van der Waals surface area (Å²) < 4.78 is 13.3. The monoisotopic (exact) mass is 324 g/mol. The van der Waals surface area contributed by atoms with E-state index in [1.165, 1.54) is 31.4 Å². The van der Waals surface area contributed by atoms with Gasteiger partial charge >= 0.3 is 0 Å². The topological polar surface area (TPSA) is 44.8 Å². The lowest BCUT2D eigenvalue weighted by atomic mass is 10.0. The molecule has 2 aromatic heterocycles. The van der Waals surface area contributed by atoms with E-state index in [-0.39, 0.29) is 5.82 Å². The van der Waals surface area contributed by atoms with E-state index in [2.05, 4.69) is 14.9 Å². The fourth-order valence-corrected chi connectivity index (χ4v) is 3.59. The Balaban J connectivity index is 1.91. The van der Waals surface area contributed by atoms with Gasteiger partial charge in [0.15, 0.2) is 5.82 Å². The van der Waals surface area contributed by atoms with Gasteiger partial charge in [-0.15, -0.1) is 0 Å². The molecule has 24 heavy (non-hydrogen) atoms. The lowest BCUT2D eigenvalue weighted by Crippen LogP contribution is -2.30. The van der Waals surface area contributed by atoms with Crippen molar-refractivity contribution in [2.45, 2.75) is 33.1 Å². The zero-order chi connectivity index (χ0) is 16.7. The average molecular weight is 324 g/mol. The van der Waals surface area contributed by atoms with E-state index in [0.29, 0.717) is 0 Å². The first-order chi connectivity index (χ1) is 11.6. The minimum atomic E-state index is -0.226. The molecule has 1 aliphatic heterocycles. The standard InChI is InChI=1S/C19H21FN4/c1-12-16(14-6-8-15(20)9-7-14)17-18(21-12)19(23-13(2)22-17)24-10-4-3-5-11-24/h6-9,21H,3-5,10-11H2,1-2H3. The molecule has 3 aromatic rings. The van der Waals surface area contributed by atoms with Gasteiger partial charge in [0.1, 0.15) is 22.7 Å². The number of fused-ring (bicyclic) bond motifs is 1. The second-order valence-electron chi connectivity index (χ2n) is 6.50. The first kappa shape index (κ1) is 15.1. The summed E-state index contributed by atoms with van der Waals surface area (Å²) in [5, 5.41) is 0. The Labute approximate surface area is 140 Å². The lowest BCUT2D eigenvalue weighted by molar-refractivity contribution is 0.574. The number of anilines is 1. The largest absolute Gasteiger partial charge is 0.355 e. The minimum Gasteiger partial charge on any atom is -0.355 e. The number of aromatic nitrogens is 3. The van der Waals surface area contributed by atoms with Crippen molar-refractivity contribution in [1.82, 2.24) is 15.0 Å². The molecule has 0 atom stereocenters. The van der Waals surface area contributed by atoms with E-state index in [0.717, 1.165) is 52.6 Å². The van der Waals surface area contributed by atoms with E-state index < -0.39 is 0 Å². The summed E-state index contributed by atoms with van der Waals surface area (Å²) >= 11 is 0. The van der Waals surface area contributed by atoms with Gasteiger partial charge in [-0.25, -0.2) is 14.4 Å². The molecule has 0 radical (unpaired) electrons. The van der Waals surface area contributed by atoms with E-state index in [9.17, 15) is 4.39 Å². The summed E-state index contributed by atoms with van der Waals surface area (Å²) in [5.74, 6) is 1.54. The number of aromatic amines is 1. The maximum absolute atomic E-state index is 13.3. The molecule has 0 aliphatic carbocycles. The van der Waals surface area contributed by atoms with Gasteiger partial charge in [0, 0.05) is 24.3 Å². The molecular weight excluding hydrogens is 303 g/mol. The summed E-state index contributed by atoms with van der Waals surface area (Å²) in [7, 11) is 0. The highest BCUT2D eigenvalue weighted by Gasteiger charge is 2.21. The Morgan fingerprint density at radius 2 is 1.71 bits per heavy atom. The van der Waals surface area contributed by atoms with E-state index in [1.807, 2.05) is 26.0 Å². The Bertz CT molecular complexity index is 877. The predicted molar refractivity (Wildman–Crippen MR) is 94.8 cm³/mol. The molecule has 1 fully saturated rings. The van der Waals surface area contributed by atoms with Crippen molar-refractivity contribution >= 4 is 16.9 Å². The van der Waals surface area contributed by atoms with Crippen LogP contribution < -0.4 is 4.90 Å². The molecule has 1 aliphatic rings. The first-order valence-electron chi connectivity index (χ1n) is 8.51. The molecule has 1 N–H and O–H groups in total. The van der Waals surface area contributed by atoms with Gasteiger partial charge in [-0.1, -0.05) is 12.1 Å². The van der Waals surface area contributed by atoms with Crippen LogP contribution in [0, 0.1) is 19.7 Å². The highest BCUT2D eigenvalue weighted by atomic mass is 19.1. The van der Waals surface area contributed by atoms with Gasteiger partial charge in [-0.3, -0.25) is 0 Å². The molecule has 0 amide bonds. The number of rotatable bonds is 2. The zero-order valence-electron chi connectivity index (χ0n) is 14.1. The highest BCUT2D eigenvalue weighted by molar-refractivity contribution is 5.99. The van der Waals surface area contributed by atoms with E-state index in [1.54, 1.807) is 0 Å². The van der Waals surface area contributed by atoms with Gasteiger partial charge < -0.3 is 9.88 Å². The first-order valence-corrected chi connectivity index (χ1v) is 8.51. The number of nitrogens with zero attached hydrogens (tertiary/aromatic N) is 3. The van der Waals surface area contributed by atoms with Crippen LogP contribution in [0.4, 0.5) is 10.2 Å². The molecule has 0 saturated carbocycles. The molecule has 1 aromatic carbocycles. The number of piperidine rings is 1. The molecule has 0 unspecified atom stereocenters. The lowest BCUT2D eigenvalue weighted by Gasteiger charge is -2.28. The van der Waals surface area contributed by atoms with Gasteiger partial charge in [-0.05, 0) is 50.8 Å². The van der Waals surface area contributed by atoms with Crippen LogP contribution in [0.5, 0.6) is 0 Å². The predicted octanol–water partition coefficient (Wildman–Crippen LogP) is 4.37. The van der Waals surface area contributed by atoms with Crippen molar-refractivity contribution in [3.05, 3.63) is 41.6 Å². The van der Waals surface area contributed by atoms with Gasteiger partial charge in [-0.2, -0.15) is 0 Å². The van der Waals surface area contributed by atoms with Gasteiger partial charge in [0.25, 0.3) is 0 Å². The van der Waals surface area contributed by atoms with Crippen molar-refractivity contribution < 1.29 is 4.39 Å². The van der Waals surface area contributed by atoms with Crippen LogP contribution >= 0.6 is 0 Å². The van der Waals surface area contributed by atoms with Crippen molar-refractivity contribution in [2.75, 3.05) is 18.0 Å². The summed E-state index contributed by atoms with van der Waals surface area (Å²) in [6.07, 6.45) is 3.69. The normalized spacial score (nSPS) is 15.2. The molecular formula is C19H21FN4. The quantitative estimate of drug-likeness (QED) is 0.761. The Morgan fingerprint density at radius 1 is 1.00 bits per heavy atom. The fourth-order valence-electron chi connectivity index (χ4n) is 3.59. The number of hydrogen-bond acceptors (Lipinski definition) is 3. The molecule has 4 rings (SSSR count). The second-order valence-corrected chi connectivity index (χ2v) is 6.50. The molecule has 1 saturated heterocycles. The van der Waals surface area contributed by atoms with Crippen molar-refractivity contribution in [3.8, 4) is 11.1 Å². The molecule has 5 heteroatoms. The van der Waals surface area contributed by atoms with Crippen LogP contribution in [-0.2, 0) is 0 Å². The van der Waals surface area contributed by atoms with Crippen LogP contribution in [0.3, 0.4) is 0 Å². The number of nitrogens with one attached hydrogen (secondary N) is 1. The number of hydrogen-bond donors (Lipinski definition) is 1. The third kappa shape index (κ3) is 2.54. The average Bonchev–Trinajstić information content (AvgIpc) is 2.91. The smallest absolute Gasteiger partial charge is 0.156 e. The van der Waals surface area contributed by atoms with Crippen LogP contribution in [0.15, 0.2) is 24.3 Å². The number of benzene rings is 1. The summed E-state index contributed by atoms with van der Waals surface area (Å²) in [6, 6.07) is 6.60. The zero-order valence-corrected chi connectivity index (χ0v) is 14.1. The molecule has 124 valence electrons. The fraction of sp³-hybridized carbons (Fsp3) is 0.368. The third-order valence-electron chi connectivity index (χ3n) is 4.71. The third-order valence-corrected chi connectivity index (χ3v) is 4.71. The SMILES string of the molecule is Cc1nc(N2CCCCC2)c2[nH]c(C)c(-c3ccc(F)cc3)c2n1. The summed E-state index contributed by atoms with van der Waals surface area (Å²) in [4.78, 5) is 15.2. The Hall–Kier alpha value is -2.43.